The van der Waals surface area contributed by atoms with Crippen LogP contribution in [0.25, 0.3) is 0 Å². The SMILES string of the molecule is CCN(C)C(=O)C1CCCN(S(=O)(=O)Nc2ccc(F)c(F)c2Nc2ccc(I)cc2F)C1. The Morgan fingerprint density at radius 2 is 1.88 bits per heavy atom. The zero-order chi connectivity index (χ0) is 24.3. The summed E-state index contributed by atoms with van der Waals surface area (Å²) < 4.78 is 72.9. The van der Waals surface area contributed by atoms with Crippen LogP contribution in [-0.4, -0.2) is 50.2 Å². The van der Waals surface area contributed by atoms with Crippen molar-refractivity contribution in [3.63, 3.8) is 0 Å². The van der Waals surface area contributed by atoms with Gasteiger partial charge in [-0.3, -0.25) is 9.52 Å². The summed E-state index contributed by atoms with van der Waals surface area (Å²) in [5, 5.41) is 2.45. The van der Waals surface area contributed by atoms with Crippen LogP contribution in [0.15, 0.2) is 30.3 Å². The molecule has 1 aliphatic rings. The molecule has 0 radical (unpaired) electrons. The third-order valence-corrected chi connectivity index (χ3v) is 7.61. The highest BCUT2D eigenvalue weighted by atomic mass is 127. The maximum absolute atomic E-state index is 14.6. The molecule has 1 fully saturated rings. The summed E-state index contributed by atoms with van der Waals surface area (Å²) in [4.78, 5) is 14.0. The molecule has 12 heteroatoms. The number of rotatable bonds is 7. The number of nitrogens with zero attached hydrogens (tertiary/aromatic N) is 2. The van der Waals surface area contributed by atoms with Crippen LogP contribution in [0.1, 0.15) is 19.8 Å². The highest BCUT2D eigenvalue weighted by Crippen LogP contribution is 2.33. The number of amides is 1. The predicted octanol–water partition coefficient (Wildman–Crippen LogP) is 4.30. The molecule has 0 aromatic heterocycles. The summed E-state index contributed by atoms with van der Waals surface area (Å²) in [6, 6.07) is 5.93. The molecule has 0 saturated carbocycles. The van der Waals surface area contributed by atoms with Gasteiger partial charge in [-0.2, -0.15) is 12.7 Å². The smallest absolute Gasteiger partial charge is 0.301 e. The van der Waals surface area contributed by atoms with Crippen LogP contribution in [-0.2, 0) is 15.0 Å². The van der Waals surface area contributed by atoms with E-state index in [-0.39, 0.29) is 30.4 Å². The third-order valence-electron chi connectivity index (χ3n) is 5.45. The van der Waals surface area contributed by atoms with Gasteiger partial charge in [-0.15, -0.1) is 0 Å². The summed E-state index contributed by atoms with van der Waals surface area (Å²) in [6.45, 7) is 2.47. The molecule has 1 unspecified atom stereocenters. The van der Waals surface area contributed by atoms with E-state index < -0.39 is 39.3 Å². The maximum atomic E-state index is 14.6. The zero-order valence-electron chi connectivity index (χ0n) is 18.0. The van der Waals surface area contributed by atoms with E-state index in [9.17, 15) is 26.4 Å². The number of hydrogen-bond donors (Lipinski definition) is 2. The molecule has 1 atom stereocenters. The van der Waals surface area contributed by atoms with Crippen LogP contribution < -0.4 is 10.0 Å². The van der Waals surface area contributed by atoms with Gasteiger partial charge in [0.1, 0.15) is 11.5 Å². The molecule has 7 nitrogen and oxygen atoms in total. The summed E-state index contributed by atoms with van der Waals surface area (Å²) in [6.07, 6.45) is 1.03. The first kappa shape index (κ1) is 25.6. The summed E-state index contributed by atoms with van der Waals surface area (Å²) in [5.74, 6) is -3.94. The molecular weight excluding hydrogens is 572 g/mol. The van der Waals surface area contributed by atoms with Crippen LogP contribution in [0.3, 0.4) is 0 Å². The molecule has 3 rings (SSSR count). The van der Waals surface area contributed by atoms with E-state index >= 15 is 0 Å². The largest absolute Gasteiger partial charge is 0.349 e. The average molecular weight is 596 g/mol. The highest BCUT2D eigenvalue weighted by Gasteiger charge is 2.34. The minimum Gasteiger partial charge on any atom is -0.349 e. The van der Waals surface area contributed by atoms with Crippen molar-refractivity contribution in [2.24, 2.45) is 5.92 Å². The Morgan fingerprint density at radius 3 is 2.55 bits per heavy atom. The van der Waals surface area contributed by atoms with Gasteiger partial charge in [0.15, 0.2) is 11.6 Å². The van der Waals surface area contributed by atoms with Gasteiger partial charge in [-0.1, -0.05) is 0 Å². The average Bonchev–Trinajstić information content (AvgIpc) is 2.79. The maximum Gasteiger partial charge on any atom is 0.301 e. The first-order chi connectivity index (χ1) is 15.5. The molecule has 33 heavy (non-hydrogen) atoms. The Hall–Kier alpha value is -2.06. The number of piperidine rings is 1. The van der Waals surface area contributed by atoms with E-state index in [0.29, 0.717) is 23.0 Å². The minimum atomic E-state index is -4.21. The topological polar surface area (TPSA) is 81.8 Å². The molecular formula is C21H24F3IN4O3S. The van der Waals surface area contributed by atoms with Crippen molar-refractivity contribution in [2.45, 2.75) is 19.8 Å². The summed E-state index contributed by atoms with van der Waals surface area (Å²) in [7, 11) is -2.56. The molecule has 0 bridgehead atoms. The zero-order valence-corrected chi connectivity index (χ0v) is 21.0. The van der Waals surface area contributed by atoms with Crippen molar-refractivity contribution < 1.29 is 26.4 Å². The van der Waals surface area contributed by atoms with Gasteiger partial charge < -0.3 is 10.2 Å². The van der Waals surface area contributed by atoms with Gasteiger partial charge in [-0.25, -0.2) is 13.2 Å². The number of hydrogen-bond acceptors (Lipinski definition) is 4. The fourth-order valence-electron chi connectivity index (χ4n) is 3.52. The van der Waals surface area contributed by atoms with Crippen molar-refractivity contribution in [2.75, 3.05) is 36.7 Å². The lowest BCUT2D eigenvalue weighted by molar-refractivity contribution is -0.135. The number of nitrogens with one attached hydrogen (secondary N) is 2. The van der Waals surface area contributed by atoms with E-state index in [1.54, 1.807) is 13.1 Å². The van der Waals surface area contributed by atoms with E-state index in [1.807, 2.05) is 29.5 Å². The van der Waals surface area contributed by atoms with Gasteiger partial charge in [-0.05, 0) is 72.7 Å². The van der Waals surface area contributed by atoms with E-state index in [0.717, 1.165) is 16.4 Å². The minimum absolute atomic E-state index is 0.0311. The monoisotopic (exact) mass is 596 g/mol. The molecule has 0 spiro atoms. The molecule has 1 saturated heterocycles. The Morgan fingerprint density at radius 1 is 1.18 bits per heavy atom. The third kappa shape index (κ3) is 5.90. The molecule has 1 heterocycles. The number of carbonyl (C=O) groups is 1. The molecule has 180 valence electrons. The van der Waals surface area contributed by atoms with Crippen LogP contribution >= 0.6 is 22.6 Å². The van der Waals surface area contributed by atoms with Gasteiger partial charge in [0.25, 0.3) is 0 Å². The second kappa shape index (κ2) is 10.5. The number of halogens is 4. The highest BCUT2D eigenvalue weighted by molar-refractivity contribution is 14.1. The van der Waals surface area contributed by atoms with Gasteiger partial charge in [0.05, 0.1) is 17.3 Å². The lowest BCUT2D eigenvalue weighted by Crippen LogP contribution is -2.47. The second-order valence-corrected chi connectivity index (χ2v) is 10.6. The molecule has 2 aromatic rings. The van der Waals surface area contributed by atoms with Crippen LogP contribution in [0.5, 0.6) is 0 Å². The molecule has 2 aromatic carbocycles. The molecule has 0 aliphatic carbocycles. The lowest BCUT2D eigenvalue weighted by Gasteiger charge is -2.33. The van der Waals surface area contributed by atoms with E-state index in [4.69, 9.17) is 0 Å². The van der Waals surface area contributed by atoms with E-state index in [1.165, 1.54) is 17.0 Å². The first-order valence-electron chi connectivity index (χ1n) is 10.3. The van der Waals surface area contributed by atoms with Crippen molar-refractivity contribution >= 4 is 55.8 Å². The van der Waals surface area contributed by atoms with Gasteiger partial charge >= 0.3 is 10.2 Å². The summed E-state index contributed by atoms with van der Waals surface area (Å²) >= 11 is 1.90. The Labute approximate surface area is 204 Å². The van der Waals surface area contributed by atoms with E-state index in [2.05, 4.69) is 10.0 Å². The fourth-order valence-corrected chi connectivity index (χ4v) is 5.29. The first-order valence-corrected chi connectivity index (χ1v) is 12.8. The van der Waals surface area contributed by atoms with Crippen molar-refractivity contribution in [3.05, 3.63) is 51.4 Å². The van der Waals surface area contributed by atoms with Crippen LogP contribution in [0, 0.1) is 26.9 Å². The Balaban J connectivity index is 1.87. The van der Waals surface area contributed by atoms with Crippen LogP contribution in [0.2, 0.25) is 0 Å². The summed E-state index contributed by atoms with van der Waals surface area (Å²) in [5.41, 5.74) is -0.980. The van der Waals surface area contributed by atoms with Gasteiger partial charge in [0, 0.05) is 30.3 Å². The van der Waals surface area contributed by atoms with Crippen LogP contribution in [0.4, 0.5) is 30.2 Å². The predicted molar refractivity (Wildman–Crippen MR) is 129 cm³/mol. The number of carbonyl (C=O) groups excluding carboxylic acids is 1. The lowest BCUT2D eigenvalue weighted by atomic mass is 9.98. The molecule has 1 aliphatic heterocycles. The normalized spacial score (nSPS) is 17.0. The standard InChI is InChI=1S/C21H24F3IN4O3S/c1-3-28(2)21(30)13-5-4-10-29(12-13)33(31,32)27-18-9-7-15(22)19(24)20(18)26-17-8-6-14(25)11-16(17)23/h6-9,11,13,26-27H,3-5,10,12H2,1-2H3. The Kier molecular flexibility index (Phi) is 8.11. The number of benzene rings is 2. The van der Waals surface area contributed by atoms with Crippen molar-refractivity contribution in [1.82, 2.24) is 9.21 Å². The quantitative estimate of drug-likeness (QED) is 0.468. The van der Waals surface area contributed by atoms with Crippen molar-refractivity contribution in [1.29, 1.82) is 0 Å². The van der Waals surface area contributed by atoms with Crippen molar-refractivity contribution in [3.8, 4) is 0 Å². The van der Waals surface area contributed by atoms with Gasteiger partial charge in [0.2, 0.25) is 5.91 Å². The molecule has 2 N–H and O–H groups in total. The fraction of sp³-hybridized carbons (Fsp3) is 0.381. The second-order valence-electron chi connectivity index (χ2n) is 7.69. The Bertz CT molecular complexity index is 1150. The number of anilines is 3. The molecule has 1 amide bonds.